The van der Waals surface area contributed by atoms with Crippen molar-refractivity contribution >= 4 is 38.9 Å². The zero-order valence-electron chi connectivity index (χ0n) is 19.5. The van der Waals surface area contributed by atoms with Gasteiger partial charge in [0.25, 0.3) is 10.0 Å². The van der Waals surface area contributed by atoms with Crippen molar-refractivity contribution in [1.82, 2.24) is 0 Å². The third kappa shape index (κ3) is 6.27. The first-order valence-electron chi connectivity index (χ1n) is 10.5. The number of methoxy groups -OCH3 is 2. The molecule has 3 aromatic rings. The van der Waals surface area contributed by atoms with Gasteiger partial charge in [0.1, 0.15) is 24.7 Å². The van der Waals surface area contributed by atoms with Crippen LogP contribution in [0.25, 0.3) is 0 Å². The first-order chi connectivity index (χ1) is 17.2. The van der Waals surface area contributed by atoms with E-state index in [-0.39, 0.29) is 28.0 Å². The van der Waals surface area contributed by atoms with Crippen LogP contribution in [0, 0.1) is 5.82 Å². The van der Waals surface area contributed by atoms with E-state index in [1.165, 1.54) is 38.5 Å². The van der Waals surface area contributed by atoms with Crippen LogP contribution in [0.5, 0.6) is 17.2 Å². The molecule has 0 bridgehead atoms. The topological polar surface area (TPSA) is 94.2 Å². The predicted molar refractivity (Wildman–Crippen MR) is 136 cm³/mol. The Bertz CT molecular complexity index is 1370. The molecule has 0 radical (unpaired) electrons. The summed E-state index contributed by atoms with van der Waals surface area (Å²) >= 11 is 5.91. The third-order valence-electron chi connectivity index (χ3n) is 4.91. The Morgan fingerprint density at radius 1 is 1.08 bits per heavy atom. The van der Waals surface area contributed by atoms with E-state index in [2.05, 4.69) is 11.9 Å². The molecule has 0 unspecified atom stereocenters. The van der Waals surface area contributed by atoms with E-state index in [1.807, 2.05) is 0 Å². The number of anilines is 2. The Morgan fingerprint density at radius 3 is 2.50 bits per heavy atom. The molecule has 0 spiro atoms. The fourth-order valence-electron chi connectivity index (χ4n) is 3.21. The molecule has 3 rings (SSSR count). The van der Waals surface area contributed by atoms with Crippen LogP contribution >= 0.6 is 11.6 Å². The highest BCUT2D eigenvalue weighted by molar-refractivity contribution is 7.92. The maximum Gasteiger partial charge on any atom is 0.264 e. The summed E-state index contributed by atoms with van der Waals surface area (Å²) in [6, 6.07) is 14.0. The van der Waals surface area contributed by atoms with Crippen LogP contribution in [0.4, 0.5) is 15.8 Å². The normalized spacial score (nSPS) is 10.9. The Labute approximate surface area is 213 Å². The number of benzene rings is 3. The summed E-state index contributed by atoms with van der Waals surface area (Å²) in [7, 11) is -1.54. The summed E-state index contributed by atoms with van der Waals surface area (Å²) in [5.41, 5.74) is 0.386. The first-order valence-corrected chi connectivity index (χ1v) is 12.3. The molecule has 1 amide bonds. The van der Waals surface area contributed by atoms with Crippen LogP contribution < -0.4 is 23.8 Å². The minimum atomic E-state index is -4.33. The SMILES string of the molecule is C=CCOc1cccc(NC(=O)CN(c2ccc(F)c(Cl)c2)S(=O)(=O)c2ccc(OC)c(OC)c2)c1. The van der Waals surface area contributed by atoms with E-state index in [0.717, 1.165) is 16.4 Å². The number of carbonyl (C=O) groups excluding carboxylic acids is 1. The lowest BCUT2D eigenvalue weighted by Gasteiger charge is -2.25. The molecule has 11 heteroatoms. The summed E-state index contributed by atoms with van der Waals surface area (Å²) in [5, 5.41) is 2.35. The number of nitrogens with one attached hydrogen (secondary N) is 1. The molecule has 0 aromatic heterocycles. The molecule has 36 heavy (non-hydrogen) atoms. The van der Waals surface area contributed by atoms with Crippen LogP contribution in [-0.4, -0.2) is 41.7 Å². The van der Waals surface area contributed by atoms with Crippen LogP contribution in [0.3, 0.4) is 0 Å². The van der Waals surface area contributed by atoms with Gasteiger partial charge in [-0.3, -0.25) is 9.10 Å². The molecular formula is C25H24ClFN2O6S. The fraction of sp³-hybridized carbons (Fsp3) is 0.160. The molecule has 0 heterocycles. The summed E-state index contributed by atoms with van der Waals surface area (Å²) < 4.78 is 57.8. The molecule has 0 saturated heterocycles. The van der Waals surface area contributed by atoms with Gasteiger partial charge in [-0.25, -0.2) is 12.8 Å². The lowest BCUT2D eigenvalue weighted by molar-refractivity contribution is -0.114. The van der Waals surface area contributed by atoms with Gasteiger partial charge in [-0.15, -0.1) is 0 Å². The second kappa shape index (κ2) is 11.8. The number of nitrogens with zero attached hydrogens (tertiary/aromatic N) is 1. The Balaban J connectivity index is 1.96. The molecule has 3 aromatic carbocycles. The van der Waals surface area contributed by atoms with Gasteiger partial charge >= 0.3 is 0 Å². The van der Waals surface area contributed by atoms with Crippen molar-refractivity contribution in [2.45, 2.75) is 4.90 Å². The molecule has 0 fully saturated rings. The standard InChI is InChI=1S/C25H24ClFN2O6S/c1-4-12-35-19-7-5-6-17(13-19)28-25(30)16-29(18-8-10-22(27)21(26)14-18)36(31,32)20-9-11-23(33-2)24(15-20)34-3/h4-11,13-15H,1,12,16H2,2-3H3,(H,28,30). The molecule has 190 valence electrons. The van der Waals surface area contributed by atoms with Crippen molar-refractivity contribution in [3.05, 3.63) is 84.2 Å². The van der Waals surface area contributed by atoms with Crippen LogP contribution in [0.2, 0.25) is 5.02 Å². The molecule has 0 atom stereocenters. The molecule has 0 aliphatic carbocycles. The predicted octanol–water partition coefficient (Wildman–Crippen LogP) is 4.90. The Morgan fingerprint density at radius 2 is 1.83 bits per heavy atom. The van der Waals surface area contributed by atoms with E-state index >= 15 is 0 Å². The number of sulfonamides is 1. The highest BCUT2D eigenvalue weighted by atomic mass is 35.5. The lowest BCUT2D eigenvalue weighted by Crippen LogP contribution is -2.38. The Kier molecular flexibility index (Phi) is 8.78. The van der Waals surface area contributed by atoms with Crippen LogP contribution in [0.1, 0.15) is 0 Å². The van der Waals surface area contributed by atoms with Gasteiger partial charge in [0.15, 0.2) is 11.5 Å². The number of carbonyl (C=O) groups is 1. The van der Waals surface area contributed by atoms with Crippen molar-refractivity contribution in [2.75, 3.05) is 37.0 Å². The number of rotatable bonds is 11. The molecule has 0 saturated carbocycles. The summed E-state index contributed by atoms with van der Waals surface area (Å²) in [5.74, 6) is -0.390. The molecule has 8 nitrogen and oxygen atoms in total. The summed E-state index contributed by atoms with van der Waals surface area (Å²) in [4.78, 5) is 12.8. The van der Waals surface area contributed by atoms with E-state index < -0.39 is 28.3 Å². The summed E-state index contributed by atoms with van der Waals surface area (Å²) in [6.45, 7) is 3.23. The average Bonchev–Trinajstić information content (AvgIpc) is 2.87. The minimum absolute atomic E-state index is 0.00518. The van der Waals surface area contributed by atoms with Crippen molar-refractivity contribution in [2.24, 2.45) is 0 Å². The summed E-state index contributed by atoms with van der Waals surface area (Å²) in [6.07, 6.45) is 1.58. The smallest absolute Gasteiger partial charge is 0.264 e. The minimum Gasteiger partial charge on any atom is -0.493 e. The van der Waals surface area contributed by atoms with Crippen LogP contribution in [-0.2, 0) is 14.8 Å². The van der Waals surface area contributed by atoms with Crippen molar-refractivity contribution in [3.63, 3.8) is 0 Å². The zero-order valence-corrected chi connectivity index (χ0v) is 21.1. The third-order valence-corrected chi connectivity index (χ3v) is 6.97. The lowest BCUT2D eigenvalue weighted by atomic mass is 10.3. The van der Waals surface area contributed by atoms with E-state index in [4.69, 9.17) is 25.8 Å². The number of amides is 1. The van der Waals surface area contributed by atoms with Crippen molar-refractivity contribution < 1.29 is 31.8 Å². The molecule has 1 N–H and O–H groups in total. The van der Waals surface area contributed by atoms with Gasteiger partial charge in [-0.1, -0.05) is 30.3 Å². The number of halogens is 2. The van der Waals surface area contributed by atoms with E-state index in [1.54, 1.807) is 30.3 Å². The number of ether oxygens (including phenoxy) is 3. The second-order valence-corrected chi connectivity index (χ2v) is 9.57. The zero-order chi connectivity index (χ0) is 26.3. The molecular weight excluding hydrogens is 511 g/mol. The van der Waals surface area contributed by atoms with Gasteiger partial charge in [0.05, 0.1) is 29.8 Å². The van der Waals surface area contributed by atoms with Crippen molar-refractivity contribution in [1.29, 1.82) is 0 Å². The van der Waals surface area contributed by atoms with Crippen molar-refractivity contribution in [3.8, 4) is 17.2 Å². The highest BCUT2D eigenvalue weighted by Crippen LogP contribution is 2.33. The highest BCUT2D eigenvalue weighted by Gasteiger charge is 2.29. The second-order valence-electron chi connectivity index (χ2n) is 7.30. The van der Waals surface area contributed by atoms with E-state index in [9.17, 15) is 17.6 Å². The van der Waals surface area contributed by atoms with Gasteiger partial charge < -0.3 is 19.5 Å². The van der Waals surface area contributed by atoms with Crippen LogP contribution in [0.15, 0.2) is 78.2 Å². The fourth-order valence-corrected chi connectivity index (χ4v) is 4.81. The van der Waals surface area contributed by atoms with Gasteiger partial charge in [-0.05, 0) is 42.5 Å². The quantitative estimate of drug-likeness (QED) is 0.352. The number of hydrogen-bond acceptors (Lipinski definition) is 6. The molecule has 0 aliphatic rings. The maximum absolute atomic E-state index is 13.8. The largest absolute Gasteiger partial charge is 0.493 e. The van der Waals surface area contributed by atoms with Gasteiger partial charge in [-0.2, -0.15) is 0 Å². The molecule has 0 aliphatic heterocycles. The van der Waals surface area contributed by atoms with E-state index in [0.29, 0.717) is 17.2 Å². The van der Waals surface area contributed by atoms with Gasteiger partial charge in [0, 0.05) is 17.8 Å². The Hall–Kier alpha value is -3.76. The average molecular weight is 535 g/mol. The van der Waals surface area contributed by atoms with Gasteiger partial charge in [0.2, 0.25) is 5.91 Å². The monoisotopic (exact) mass is 534 g/mol. The maximum atomic E-state index is 13.8. The number of hydrogen-bond donors (Lipinski definition) is 1. The first kappa shape index (κ1) is 26.8.